The SMILES string of the molecule is C/C=C/C=C(\SC)c1ccc(C)cc1. The van der Waals surface area contributed by atoms with Crippen LogP contribution in [-0.2, 0) is 0 Å². The Bertz CT molecular complexity index is 331. The van der Waals surface area contributed by atoms with Gasteiger partial charge in [0.1, 0.15) is 0 Å². The van der Waals surface area contributed by atoms with Crippen molar-refractivity contribution >= 4 is 16.7 Å². The highest BCUT2D eigenvalue weighted by molar-refractivity contribution is 8.07. The quantitative estimate of drug-likeness (QED) is 0.662. The molecule has 0 fully saturated rings. The molecule has 0 N–H and O–H groups in total. The van der Waals surface area contributed by atoms with E-state index in [1.165, 1.54) is 16.0 Å². The number of allylic oxidation sites excluding steroid dienone is 3. The lowest BCUT2D eigenvalue weighted by molar-refractivity contribution is 1.46. The Morgan fingerprint density at radius 1 is 1.21 bits per heavy atom. The zero-order chi connectivity index (χ0) is 10.4. The lowest BCUT2D eigenvalue weighted by Gasteiger charge is -2.03. The maximum Gasteiger partial charge on any atom is 0.0141 e. The van der Waals surface area contributed by atoms with Crippen molar-refractivity contribution < 1.29 is 0 Å². The van der Waals surface area contributed by atoms with Gasteiger partial charge in [-0.1, -0.05) is 42.0 Å². The Morgan fingerprint density at radius 3 is 2.36 bits per heavy atom. The lowest BCUT2D eigenvalue weighted by Crippen LogP contribution is -1.79. The third kappa shape index (κ3) is 3.08. The molecule has 0 amide bonds. The maximum atomic E-state index is 2.17. The molecule has 0 bridgehead atoms. The number of rotatable bonds is 3. The van der Waals surface area contributed by atoms with E-state index in [-0.39, 0.29) is 0 Å². The van der Waals surface area contributed by atoms with Crippen LogP contribution in [0.2, 0.25) is 0 Å². The normalized spacial score (nSPS) is 12.4. The molecule has 0 atom stereocenters. The summed E-state index contributed by atoms with van der Waals surface area (Å²) in [6, 6.07) is 8.63. The Balaban J connectivity index is 2.95. The maximum absolute atomic E-state index is 2.17. The molecule has 0 saturated heterocycles. The smallest absolute Gasteiger partial charge is 0.0141 e. The van der Waals surface area contributed by atoms with Crippen molar-refractivity contribution in [3.63, 3.8) is 0 Å². The Hall–Kier alpha value is -0.950. The molecule has 0 unspecified atom stereocenters. The minimum atomic E-state index is 1.29. The molecule has 74 valence electrons. The topological polar surface area (TPSA) is 0 Å². The minimum absolute atomic E-state index is 1.29. The summed E-state index contributed by atoms with van der Waals surface area (Å²) in [6.45, 7) is 4.14. The Morgan fingerprint density at radius 2 is 1.86 bits per heavy atom. The van der Waals surface area contributed by atoms with Crippen LogP contribution in [0.4, 0.5) is 0 Å². The summed E-state index contributed by atoms with van der Waals surface area (Å²) in [4.78, 5) is 1.31. The van der Waals surface area contributed by atoms with Crippen molar-refractivity contribution in [2.75, 3.05) is 6.26 Å². The zero-order valence-corrected chi connectivity index (χ0v) is 9.77. The van der Waals surface area contributed by atoms with Gasteiger partial charge in [-0.25, -0.2) is 0 Å². The molecule has 0 heterocycles. The zero-order valence-electron chi connectivity index (χ0n) is 8.95. The average molecular weight is 204 g/mol. The van der Waals surface area contributed by atoms with Crippen molar-refractivity contribution in [1.82, 2.24) is 0 Å². The summed E-state index contributed by atoms with van der Waals surface area (Å²) in [6.07, 6.45) is 8.38. The van der Waals surface area contributed by atoms with E-state index in [0.29, 0.717) is 0 Å². The first-order chi connectivity index (χ1) is 6.77. The number of hydrogen-bond acceptors (Lipinski definition) is 1. The summed E-state index contributed by atoms with van der Waals surface area (Å²) in [5.74, 6) is 0. The van der Waals surface area contributed by atoms with Gasteiger partial charge in [0.25, 0.3) is 0 Å². The van der Waals surface area contributed by atoms with Gasteiger partial charge in [0.15, 0.2) is 0 Å². The van der Waals surface area contributed by atoms with Gasteiger partial charge in [0.2, 0.25) is 0 Å². The predicted molar refractivity (Wildman–Crippen MR) is 67.5 cm³/mol. The van der Waals surface area contributed by atoms with E-state index >= 15 is 0 Å². The monoisotopic (exact) mass is 204 g/mol. The van der Waals surface area contributed by atoms with Crippen molar-refractivity contribution in [2.24, 2.45) is 0 Å². The van der Waals surface area contributed by atoms with Gasteiger partial charge >= 0.3 is 0 Å². The van der Waals surface area contributed by atoms with E-state index in [0.717, 1.165) is 0 Å². The summed E-state index contributed by atoms with van der Waals surface area (Å²) in [5, 5.41) is 0. The van der Waals surface area contributed by atoms with Crippen LogP contribution in [0.1, 0.15) is 18.1 Å². The van der Waals surface area contributed by atoms with Crippen molar-refractivity contribution in [1.29, 1.82) is 0 Å². The van der Waals surface area contributed by atoms with Crippen LogP contribution in [0.3, 0.4) is 0 Å². The fraction of sp³-hybridized carbons (Fsp3) is 0.231. The molecular weight excluding hydrogens is 188 g/mol. The standard InChI is InChI=1S/C13H16S/c1-4-5-6-13(14-3)12-9-7-11(2)8-10-12/h4-10H,1-3H3/b5-4+,13-6-. The predicted octanol–water partition coefficient (Wildman–Crippen LogP) is 4.28. The second kappa shape index (κ2) is 5.71. The second-order valence-corrected chi connectivity index (χ2v) is 3.97. The Kier molecular flexibility index (Phi) is 4.54. The van der Waals surface area contributed by atoms with Gasteiger partial charge in [-0.2, -0.15) is 0 Å². The van der Waals surface area contributed by atoms with Crippen molar-refractivity contribution in [3.05, 3.63) is 53.6 Å². The van der Waals surface area contributed by atoms with Crippen LogP contribution >= 0.6 is 11.8 Å². The van der Waals surface area contributed by atoms with Crippen molar-refractivity contribution in [3.8, 4) is 0 Å². The van der Waals surface area contributed by atoms with Gasteiger partial charge in [-0.15, -0.1) is 11.8 Å². The molecular formula is C13H16S. The van der Waals surface area contributed by atoms with E-state index in [1.807, 2.05) is 13.0 Å². The van der Waals surface area contributed by atoms with Gasteiger partial charge in [-0.05, 0) is 31.7 Å². The van der Waals surface area contributed by atoms with E-state index in [9.17, 15) is 0 Å². The van der Waals surface area contributed by atoms with E-state index < -0.39 is 0 Å². The number of benzene rings is 1. The first-order valence-corrected chi connectivity index (χ1v) is 5.94. The molecule has 1 heteroatoms. The third-order valence-corrected chi connectivity index (χ3v) is 2.81. The van der Waals surface area contributed by atoms with Crippen LogP contribution in [0.5, 0.6) is 0 Å². The first-order valence-electron chi connectivity index (χ1n) is 4.72. The van der Waals surface area contributed by atoms with Crippen molar-refractivity contribution in [2.45, 2.75) is 13.8 Å². The number of aryl methyl sites for hydroxylation is 1. The molecule has 0 aromatic heterocycles. The second-order valence-electron chi connectivity index (χ2n) is 3.13. The molecule has 0 aliphatic carbocycles. The van der Waals surface area contributed by atoms with Gasteiger partial charge in [-0.3, -0.25) is 0 Å². The minimum Gasteiger partial charge on any atom is -0.129 e. The highest BCUT2D eigenvalue weighted by atomic mass is 32.2. The molecule has 0 spiro atoms. The molecule has 1 aromatic carbocycles. The molecule has 14 heavy (non-hydrogen) atoms. The van der Waals surface area contributed by atoms with Gasteiger partial charge < -0.3 is 0 Å². The summed E-state index contributed by atoms with van der Waals surface area (Å²) < 4.78 is 0. The largest absolute Gasteiger partial charge is 0.129 e. The summed E-state index contributed by atoms with van der Waals surface area (Å²) >= 11 is 1.78. The number of hydrogen-bond donors (Lipinski definition) is 0. The fourth-order valence-electron chi connectivity index (χ4n) is 1.18. The molecule has 1 rings (SSSR count). The van der Waals surface area contributed by atoms with Crippen LogP contribution in [0.15, 0.2) is 42.5 Å². The van der Waals surface area contributed by atoms with Crippen LogP contribution in [0, 0.1) is 6.92 Å². The molecule has 0 aliphatic heterocycles. The third-order valence-electron chi connectivity index (χ3n) is 2.00. The molecule has 1 aromatic rings. The highest BCUT2D eigenvalue weighted by Gasteiger charge is 1.97. The lowest BCUT2D eigenvalue weighted by atomic mass is 10.1. The van der Waals surface area contributed by atoms with Crippen LogP contribution in [0.25, 0.3) is 4.91 Å². The first kappa shape index (κ1) is 11.1. The summed E-state index contributed by atoms with van der Waals surface area (Å²) in [7, 11) is 0. The van der Waals surface area contributed by atoms with Crippen LogP contribution in [-0.4, -0.2) is 6.26 Å². The van der Waals surface area contributed by atoms with E-state index in [4.69, 9.17) is 0 Å². The fourth-order valence-corrected chi connectivity index (χ4v) is 1.77. The highest BCUT2D eigenvalue weighted by Crippen LogP contribution is 2.25. The Labute approximate surface area is 90.7 Å². The van der Waals surface area contributed by atoms with Crippen LogP contribution < -0.4 is 0 Å². The number of thioether (sulfide) groups is 1. The summed E-state index contributed by atoms with van der Waals surface area (Å²) in [5.41, 5.74) is 2.60. The average Bonchev–Trinajstić information content (AvgIpc) is 2.21. The van der Waals surface area contributed by atoms with E-state index in [1.54, 1.807) is 11.8 Å². The molecule has 0 saturated carbocycles. The molecule has 0 aliphatic rings. The molecule has 0 nitrogen and oxygen atoms in total. The van der Waals surface area contributed by atoms with E-state index in [2.05, 4.69) is 49.6 Å². The van der Waals surface area contributed by atoms with Gasteiger partial charge in [0.05, 0.1) is 0 Å². The molecule has 0 radical (unpaired) electrons. The van der Waals surface area contributed by atoms with Gasteiger partial charge in [0, 0.05) is 4.91 Å².